The molecule has 0 unspecified atom stereocenters. The average Bonchev–Trinajstić information content (AvgIpc) is 2.78. The summed E-state index contributed by atoms with van der Waals surface area (Å²) in [6, 6.07) is 10.7. The zero-order chi connectivity index (χ0) is 11.4. The first-order valence-electron chi connectivity index (χ1n) is 5.24. The highest BCUT2D eigenvalue weighted by Gasteiger charge is 2.29. The van der Waals surface area contributed by atoms with Gasteiger partial charge in [0.25, 0.3) is 0 Å². The van der Waals surface area contributed by atoms with Gasteiger partial charge in [0.05, 0.1) is 6.07 Å². The van der Waals surface area contributed by atoms with Gasteiger partial charge in [-0.05, 0) is 25.0 Å². The number of hydrogen-bond acceptors (Lipinski definition) is 3. The number of ether oxygens (including phenoxy) is 1. The second-order valence-electron chi connectivity index (χ2n) is 3.66. The van der Waals surface area contributed by atoms with Crippen LogP contribution in [0.1, 0.15) is 12.8 Å². The van der Waals surface area contributed by atoms with Crippen LogP contribution in [0.2, 0.25) is 0 Å². The minimum absolute atomic E-state index is 0.337. The molecule has 0 bridgehead atoms. The van der Waals surface area contributed by atoms with Gasteiger partial charge in [-0.25, -0.2) is 4.79 Å². The molecule has 1 aromatic carbocycles. The Morgan fingerprint density at radius 1 is 1.44 bits per heavy atom. The smallest absolute Gasteiger partial charge is 0.410 e. The monoisotopic (exact) mass is 216 g/mol. The minimum Gasteiger partial charge on any atom is -0.410 e. The van der Waals surface area contributed by atoms with Crippen LogP contribution in [0, 0.1) is 11.3 Å². The minimum atomic E-state index is -0.435. The van der Waals surface area contributed by atoms with Crippen molar-refractivity contribution < 1.29 is 9.53 Å². The van der Waals surface area contributed by atoms with Crippen LogP contribution in [-0.2, 0) is 0 Å². The van der Waals surface area contributed by atoms with Gasteiger partial charge in [-0.15, -0.1) is 0 Å². The number of benzene rings is 1. The van der Waals surface area contributed by atoms with Crippen LogP contribution in [0.3, 0.4) is 0 Å². The molecule has 1 aliphatic heterocycles. The highest BCUT2D eigenvalue weighted by Crippen LogP contribution is 2.19. The molecular formula is C12H12N2O2. The molecule has 0 aliphatic carbocycles. The van der Waals surface area contributed by atoms with Crippen molar-refractivity contribution in [3.63, 3.8) is 0 Å². The predicted molar refractivity (Wildman–Crippen MR) is 57.8 cm³/mol. The van der Waals surface area contributed by atoms with E-state index in [9.17, 15) is 4.79 Å². The number of likely N-dealkylation sites (tertiary alicyclic amines) is 1. The number of rotatable bonds is 1. The molecule has 2 rings (SSSR count). The number of nitriles is 1. The molecule has 1 saturated heterocycles. The van der Waals surface area contributed by atoms with Crippen LogP contribution in [0.25, 0.3) is 0 Å². The summed E-state index contributed by atoms with van der Waals surface area (Å²) in [5.74, 6) is 0.510. The molecule has 0 saturated carbocycles. The second kappa shape index (κ2) is 4.67. The SMILES string of the molecule is N#C[C@@H]1CCCN1C(=O)Oc1ccccc1. The lowest BCUT2D eigenvalue weighted by molar-refractivity contribution is 0.155. The molecule has 1 aliphatic rings. The van der Waals surface area contributed by atoms with E-state index >= 15 is 0 Å². The Balaban J connectivity index is 2.01. The Bertz CT molecular complexity index is 411. The molecule has 0 radical (unpaired) electrons. The highest BCUT2D eigenvalue weighted by atomic mass is 16.6. The molecule has 16 heavy (non-hydrogen) atoms. The van der Waals surface area contributed by atoms with Gasteiger partial charge in [0.2, 0.25) is 0 Å². The fraction of sp³-hybridized carbons (Fsp3) is 0.333. The zero-order valence-electron chi connectivity index (χ0n) is 8.80. The Hall–Kier alpha value is -2.02. The van der Waals surface area contributed by atoms with Crippen LogP contribution in [0.4, 0.5) is 4.79 Å². The molecule has 1 amide bonds. The quantitative estimate of drug-likeness (QED) is 0.722. The maximum Gasteiger partial charge on any atom is 0.416 e. The Morgan fingerprint density at radius 3 is 2.88 bits per heavy atom. The van der Waals surface area contributed by atoms with E-state index in [4.69, 9.17) is 10.00 Å². The topological polar surface area (TPSA) is 53.3 Å². The maximum absolute atomic E-state index is 11.7. The third-order valence-corrected chi connectivity index (χ3v) is 2.58. The first kappa shape index (κ1) is 10.5. The molecule has 0 aromatic heterocycles. The normalized spacial score (nSPS) is 19.2. The maximum atomic E-state index is 11.7. The van der Waals surface area contributed by atoms with E-state index in [1.165, 1.54) is 4.90 Å². The van der Waals surface area contributed by atoms with Gasteiger partial charge in [0.1, 0.15) is 11.8 Å². The van der Waals surface area contributed by atoms with Crippen LogP contribution < -0.4 is 4.74 Å². The first-order chi connectivity index (χ1) is 7.81. The van der Waals surface area contributed by atoms with E-state index in [-0.39, 0.29) is 6.04 Å². The third kappa shape index (κ3) is 2.14. The van der Waals surface area contributed by atoms with Crippen LogP contribution in [-0.4, -0.2) is 23.6 Å². The average molecular weight is 216 g/mol. The fourth-order valence-electron chi connectivity index (χ4n) is 1.77. The van der Waals surface area contributed by atoms with E-state index < -0.39 is 6.09 Å². The lowest BCUT2D eigenvalue weighted by Gasteiger charge is -2.18. The summed E-state index contributed by atoms with van der Waals surface area (Å²) in [4.78, 5) is 13.2. The van der Waals surface area contributed by atoms with Crippen LogP contribution in [0.5, 0.6) is 5.75 Å². The van der Waals surface area contributed by atoms with E-state index in [1.54, 1.807) is 24.3 Å². The van der Waals surface area contributed by atoms with Crippen molar-refractivity contribution in [1.29, 1.82) is 5.26 Å². The second-order valence-corrected chi connectivity index (χ2v) is 3.66. The predicted octanol–water partition coefficient (Wildman–Crippen LogP) is 2.17. The van der Waals surface area contributed by atoms with E-state index in [0.717, 1.165) is 12.8 Å². The molecule has 4 nitrogen and oxygen atoms in total. The number of carbonyl (C=O) groups is 1. The van der Waals surface area contributed by atoms with Gasteiger partial charge in [-0.2, -0.15) is 5.26 Å². The van der Waals surface area contributed by atoms with E-state index in [0.29, 0.717) is 12.3 Å². The van der Waals surface area contributed by atoms with Crippen molar-refractivity contribution in [1.82, 2.24) is 4.90 Å². The van der Waals surface area contributed by atoms with Gasteiger partial charge in [0.15, 0.2) is 0 Å². The largest absolute Gasteiger partial charge is 0.416 e. The molecular weight excluding hydrogens is 204 g/mol. The van der Waals surface area contributed by atoms with Gasteiger partial charge in [-0.3, -0.25) is 4.90 Å². The molecule has 0 N–H and O–H groups in total. The molecule has 1 fully saturated rings. The van der Waals surface area contributed by atoms with Crippen LogP contribution in [0.15, 0.2) is 30.3 Å². The number of carbonyl (C=O) groups excluding carboxylic acids is 1. The van der Waals surface area contributed by atoms with Crippen molar-refractivity contribution >= 4 is 6.09 Å². The fourth-order valence-corrected chi connectivity index (χ4v) is 1.77. The van der Waals surface area contributed by atoms with Crippen molar-refractivity contribution in [2.24, 2.45) is 0 Å². The van der Waals surface area contributed by atoms with Crippen molar-refractivity contribution in [3.05, 3.63) is 30.3 Å². The van der Waals surface area contributed by atoms with Gasteiger partial charge in [-0.1, -0.05) is 18.2 Å². The molecule has 1 heterocycles. The summed E-state index contributed by atoms with van der Waals surface area (Å²) in [5.41, 5.74) is 0. The zero-order valence-corrected chi connectivity index (χ0v) is 8.80. The molecule has 82 valence electrons. The molecule has 1 atom stereocenters. The number of amides is 1. The summed E-state index contributed by atoms with van der Waals surface area (Å²) in [7, 11) is 0. The standard InChI is InChI=1S/C12H12N2O2/c13-9-10-5-4-8-14(10)12(15)16-11-6-2-1-3-7-11/h1-3,6-7,10H,4-5,8H2/t10-/m0/s1. The van der Waals surface area contributed by atoms with Gasteiger partial charge in [0, 0.05) is 6.54 Å². The molecule has 1 aromatic rings. The summed E-state index contributed by atoms with van der Waals surface area (Å²) < 4.78 is 5.17. The number of nitrogens with zero attached hydrogens (tertiary/aromatic N) is 2. The summed E-state index contributed by atoms with van der Waals surface area (Å²) in [6.07, 6.45) is 1.16. The van der Waals surface area contributed by atoms with Crippen LogP contribution >= 0.6 is 0 Å². The lowest BCUT2D eigenvalue weighted by Crippen LogP contribution is -2.36. The lowest BCUT2D eigenvalue weighted by atomic mass is 10.2. The summed E-state index contributed by atoms with van der Waals surface area (Å²) >= 11 is 0. The van der Waals surface area contributed by atoms with Crippen molar-refractivity contribution in [2.75, 3.05) is 6.54 Å². The first-order valence-corrected chi connectivity index (χ1v) is 5.24. The Labute approximate surface area is 94.0 Å². The van der Waals surface area contributed by atoms with Gasteiger partial charge < -0.3 is 4.74 Å². The summed E-state index contributed by atoms with van der Waals surface area (Å²) in [5, 5.41) is 8.85. The Morgan fingerprint density at radius 2 is 2.19 bits per heavy atom. The summed E-state index contributed by atoms with van der Waals surface area (Å²) in [6.45, 7) is 0.601. The molecule has 0 spiro atoms. The van der Waals surface area contributed by atoms with Crippen molar-refractivity contribution in [2.45, 2.75) is 18.9 Å². The van der Waals surface area contributed by atoms with Crippen molar-refractivity contribution in [3.8, 4) is 11.8 Å². The number of para-hydroxylation sites is 1. The Kier molecular flexibility index (Phi) is 3.06. The van der Waals surface area contributed by atoms with E-state index in [2.05, 4.69) is 6.07 Å². The number of hydrogen-bond donors (Lipinski definition) is 0. The van der Waals surface area contributed by atoms with Gasteiger partial charge >= 0.3 is 6.09 Å². The van der Waals surface area contributed by atoms with E-state index in [1.807, 2.05) is 6.07 Å². The third-order valence-electron chi connectivity index (χ3n) is 2.58. The molecule has 4 heteroatoms. The highest BCUT2D eigenvalue weighted by molar-refractivity contribution is 5.71.